The highest BCUT2D eigenvalue weighted by Crippen LogP contribution is 2.40. The van der Waals surface area contributed by atoms with Gasteiger partial charge >= 0.3 is 6.18 Å². The van der Waals surface area contributed by atoms with Crippen LogP contribution in [0.3, 0.4) is 0 Å². The summed E-state index contributed by atoms with van der Waals surface area (Å²) in [7, 11) is 0. The SMILES string of the molecule is Cc1cc(C(O)(CCN)C(F)(F)F)no1. The van der Waals surface area contributed by atoms with Crippen LogP contribution in [0, 0.1) is 6.92 Å². The third kappa shape index (κ3) is 2.13. The van der Waals surface area contributed by atoms with E-state index >= 15 is 0 Å². The standard InChI is InChI=1S/C8H11F3N2O2/c1-5-4-6(13-15-5)7(14,2-3-12)8(9,10)11/h4,14H,2-3,12H2,1H3. The Morgan fingerprint density at radius 1 is 1.53 bits per heavy atom. The highest BCUT2D eigenvalue weighted by molar-refractivity contribution is 5.15. The van der Waals surface area contributed by atoms with Gasteiger partial charge in [0.2, 0.25) is 5.60 Å². The van der Waals surface area contributed by atoms with Crippen molar-refractivity contribution < 1.29 is 22.8 Å². The lowest BCUT2D eigenvalue weighted by Crippen LogP contribution is -2.44. The van der Waals surface area contributed by atoms with Crippen molar-refractivity contribution in [2.24, 2.45) is 5.73 Å². The lowest BCUT2D eigenvalue weighted by atomic mass is 9.94. The number of aromatic nitrogens is 1. The second-order valence-corrected chi connectivity index (χ2v) is 3.22. The van der Waals surface area contributed by atoms with Gasteiger partial charge in [0, 0.05) is 12.5 Å². The molecule has 1 aromatic heterocycles. The normalized spacial score (nSPS) is 16.4. The number of hydrogen-bond donors (Lipinski definition) is 2. The zero-order chi connectivity index (χ0) is 11.7. The van der Waals surface area contributed by atoms with Crippen LogP contribution in [-0.4, -0.2) is 23.0 Å². The molecular weight excluding hydrogens is 213 g/mol. The van der Waals surface area contributed by atoms with Crippen LogP contribution in [0.4, 0.5) is 13.2 Å². The van der Waals surface area contributed by atoms with Gasteiger partial charge in [0.15, 0.2) is 0 Å². The number of rotatable bonds is 3. The predicted molar refractivity (Wildman–Crippen MR) is 44.9 cm³/mol. The van der Waals surface area contributed by atoms with Crippen molar-refractivity contribution in [2.45, 2.75) is 25.1 Å². The third-order valence-corrected chi connectivity index (χ3v) is 2.03. The van der Waals surface area contributed by atoms with Crippen molar-refractivity contribution in [1.29, 1.82) is 0 Å². The van der Waals surface area contributed by atoms with Crippen molar-refractivity contribution >= 4 is 0 Å². The third-order valence-electron chi connectivity index (χ3n) is 2.03. The lowest BCUT2D eigenvalue weighted by molar-refractivity contribution is -0.270. The van der Waals surface area contributed by atoms with Gasteiger partial charge in [0.05, 0.1) is 0 Å². The Kier molecular flexibility index (Phi) is 3.05. The quantitative estimate of drug-likeness (QED) is 0.805. The first-order valence-electron chi connectivity index (χ1n) is 4.24. The summed E-state index contributed by atoms with van der Waals surface area (Å²) in [5.41, 5.74) is 1.45. The molecule has 7 heteroatoms. The number of halogens is 3. The Balaban J connectivity index is 3.12. The first-order chi connectivity index (χ1) is 6.81. The van der Waals surface area contributed by atoms with E-state index in [1.807, 2.05) is 0 Å². The van der Waals surface area contributed by atoms with Crippen LogP contribution in [-0.2, 0) is 5.60 Å². The van der Waals surface area contributed by atoms with Gasteiger partial charge in [0.1, 0.15) is 11.5 Å². The minimum atomic E-state index is -4.82. The molecule has 1 heterocycles. The van der Waals surface area contributed by atoms with Crippen LogP contribution >= 0.6 is 0 Å². The second kappa shape index (κ2) is 3.82. The smallest absolute Gasteiger partial charge is 0.375 e. The molecule has 0 radical (unpaired) electrons. The lowest BCUT2D eigenvalue weighted by Gasteiger charge is -2.27. The van der Waals surface area contributed by atoms with E-state index in [2.05, 4.69) is 9.68 Å². The first-order valence-corrected chi connectivity index (χ1v) is 4.24. The Morgan fingerprint density at radius 3 is 2.47 bits per heavy atom. The average molecular weight is 224 g/mol. The molecule has 1 atom stereocenters. The molecule has 0 aliphatic rings. The summed E-state index contributed by atoms with van der Waals surface area (Å²) < 4.78 is 42.3. The van der Waals surface area contributed by atoms with E-state index in [1.165, 1.54) is 6.92 Å². The fourth-order valence-electron chi connectivity index (χ4n) is 1.19. The maximum absolute atomic E-state index is 12.6. The van der Waals surface area contributed by atoms with E-state index in [0.717, 1.165) is 6.07 Å². The van der Waals surface area contributed by atoms with Gasteiger partial charge in [-0.15, -0.1) is 0 Å². The largest absolute Gasteiger partial charge is 0.423 e. The molecule has 0 fully saturated rings. The van der Waals surface area contributed by atoms with Gasteiger partial charge in [0.25, 0.3) is 0 Å². The molecule has 1 aromatic rings. The van der Waals surface area contributed by atoms with Crippen molar-refractivity contribution in [3.8, 4) is 0 Å². The first kappa shape index (κ1) is 12.0. The van der Waals surface area contributed by atoms with Gasteiger partial charge in [-0.3, -0.25) is 0 Å². The highest BCUT2D eigenvalue weighted by atomic mass is 19.4. The van der Waals surface area contributed by atoms with E-state index in [1.54, 1.807) is 0 Å². The predicted octanol–water partition coefficient (Wildman–Crippen LogP) is 1.08. The van der Waals surface area contributed by atoms with Crippen LogP contribution in [0.1, 0.15) is 17.9 Å². The summed E-state index contributed by atoms with van der Waals surface area (Å²) in [6.45, 7) is 1.14. The van der Waals surface area contributed by atoms with E-state index in [0.29, 0.717) is 0 Å². The fourth-order valence-corrected chi connectivity index (χ4v) is 1.19. The topological polar surface area (TPSA) is 72.3 Å². The molecule has 0 aliphatic carbocycles. The van der Waals surface area contributed by atoms with Crippen molar-refractivity contribution in [3.63, 3.8) is 0 Å². The minimum absolute atomic E-state index is 0.199. The van der Waals surface area contributed by atoms with Gasteiger partial charge < -0.3 is 15.4 Å². The zero-order valence-corrected chi connectivity index (χ0v) is 8.01. The summed E-state index contributed by atoms with van der Waals surface area (Å²) in [6, 6.07) is 1.04. The van der Waals surface area contributed by atoms with Crippen molar-refractivity contribution in [1.82, 2.24) is 5.16 Å². The number of aliphatic hydroxyl groups is 1. The van der Waals surface area contributed by atoms with Crippen molar-refractivity contribution in [3.05, 3.63) is 17.5 Å². The number of nitrogens with two attached hydrogens (primary N) is 1. The number of hydrogen-bond acceptors (Lipinski definition) is 4. The van der Waals surface area contributed by atoms with Gasteiger partial charge in [-0.05, 0) is 13.5 Å². The van der Waals surface area contributed by atoms with Crippen molar-refractivity contribution in [2.75, 3.05) is 6.54 Å². The molecule has 0 spiro atoms. The van der Waals surface area contributed by atoms with Gasteiger partial charge in [-0.2, -0.15) is 13.2 Å². The summed E-state index contributed by atoms with van der Waals surface area (Å²) in [5.74, 6) is 0.199. The summed E-state index contributed by atoms with van der Waals surface area (Å²) in [5, 5.41) is 12.7. The van der Waals surface area contributed by atoms with Crippen LogP contribution < -0.4 is 5.73 Å². The Hall–Kier alpha value is -1.08. The molecule has 0 amide bonds. The second-order valence-electron chi connectivity index (χ2n) is 3.22. The maximum atomic E-state index is 12.6. The zero-order valence-electron chi connectivity index (χ0n) is 8.01. The van der Waals surface area contributed by atoms with Gasteiger partial charge in [-0.25, -0.2) is 0 Å². The van der Waals surface area contributed by atoms with Crippen LogP contribution in [0.5, 0.6) is 0 Å². The molecular formula is C8H11F3N2O2. The molecule has 0 aliphatic heterocycles. The number of nitrogens with zero attached hydrogens (tertiary/aromatic N) is 1. The molecule has 0 saturated carbocycles. The van der Waals surface area contributed by atoms with E-state index in [9.17, 15) is 18.3 Å². The summed E-state index contributed by atoms with van der Waals surface area (Å²) in [6.07, 6.45) is -5.47. The Bertz CT molecular complexity index is 337. The minimum Gasteiger partial charge on any atom is -0.375 e. The number of aryl methyl sites for hydroxylation is 1. The molecule has 86 valence electrons. The molecule has 3 N–H and O–H groups in total. The maximum Gasteiger partial charge on any atom is 0.423 e. The summed E-state index contributed by atoms with van der Waals surface area (Å²) in [4.78, 5) is 0. The average Bonchev–Trinajstić information content (AvgIpc) is 2.50. The molecule has 1 rings (SSSR count). The van der Waals surface area contributed by atoms with Crippen LogP contribution in [0.15, 0.2) is 10.6 Å². The summed E-state index contributed by atoms with van der Waals surface area (Å²) >= 11 is 0. The monoisotopic (exact) mass is 224 g/mol. The molecule has 0 bridgehead atoms. The Labute approximate surface area is 83.9 Å². The molecule has 4 nitrogen and oxygen atoms in total. The van der Waals surface area contributed by atoms with Crippen LogP contribution in [0.2, 0.25) is 0 Å². The molecule has 0 saturated heterocycles. The van der Waals surface area contributed by atoms with E-state index < -0.39 is 23.9 Å². The number of alkyl halides is 3. The van der Waals surface area contributed by atoms with E-state index in [-0.39, 0.29) is 12.3 Å². The van der Waals surface area contributed by atoms with Crippen LogP contribution in [0.25, 0.3) is 0 Å². The van der Waals surface area contributed by atoms with Gasteiger partial charge in [-0.1, -0.05) is 5.16 Å². The fraction of sp³-hybridized carbons (Fsp3) is 0.625. The highest BCUT2D eigenvalue weighted by Gasteiger charge is 2.56. The molecule has 15 heavy (non-hydrogen) atoms. The molecule has 1 unspecified atom stereocenters. The Morgan fingerprint density at radius 2 is 2.13 bits per heavy atom. The molecule has 0 aromatic carbocycles. The van der Waals surface area contributed by atoms with E-state index in [4.69, 9.17) is 5.73 Å².